The molecular formula is C15H22F2N2O. The number of nitrogens with two attached hydrogens (primary N) is 1. The Morgan fingerprint density at radius 1 is 1.45 bits per heavy atom. The molecule has 3 nitrogen and oxygen atoms in total. The summed E-state index contributed by atoms with van der Waals surface area (Å²) in [7, 11) is 1.66. The van der Waals surface area contributed by atoms with Gasteiger partial charge in [-0.2, -0.15) is 0 Å². The highest BCUT2D eigenvalue weighted by Crippen LogP contribution is 2.32. The van der Waals surface area contributed by atoms with Gasteiger partial charge in [0.25, 0.3) is 6.43 Å². The second-order valence-corrected chi connectivity index (χ2v) is 5.25. The van der Waals surface area contributed by atoms with Crippen LogP contribution in [-0.4, -0.2) is 37.7 Å². The van der Waals surface area contributed by atoms with E-state index in [4.69, 9.17) is 10.5 Å². The third-order valence-corrected chi connectivity index (χ3v) is 3.87. The third-order valence-electron chi connectivity index (χ3n) is 3.87. The van der Waals surface area contributed by atoms with Gasteiger partial charge in [-0.3, -0.25) is 4.90 Å². The van der Waals surface area contributed by atoms with Crippen molar-refractivity contribution in [3.05, 3.63) is 35.4 Å². The summed E-state index contributed by atoms with van der Waals surface area (Å²) in [5.41, 5.74) is 7.17. The van der Waals surface area contributed by atoms with Crippen molar-refractivity contribution in [1.82, 2.24) is 4.90 Å². The Labute approximate surface area is 118 Å². The Balaban J connectivity index is 2.22. The van der Waals surface area contributed by atoms with Gasteiger partial charge < -0.3 is 10.5 Å². The average molecular weight is 284 g/mol. The maximum Gasteiger partial charge on any atom is 0.263 e. The van der Waals surface area contributed by atoms with E-state index in [1.54, 1.807) is 19.2 Å². The lowest BCUT2D eigenvalue weighted by Gasteiger charge is -2.40. The van der Waals surface area contributed by atoms with Gasteiger partial charge in [0.15, 0.2) is 0 Å². The van der Waals surface area contributed by atoms with Crippen molar-refractivity contribution in [2.75, 3.05) is 26.8 Å². The molecule has 1 fully saturated rings. The van der Waals surface area contributed by atoms with Gasteiger partial charge in [-0.05, 0) is 31.0 Å². The molecule has 0 spiro atoms. The first-order chi connectivity index (χ1) is 9.63. The van der Waals surface area contributed by atoms with E-state index < -0.39 is 6.43 Å². The predicted octanol–water partition coefficient (Wildman–Crippen LogP) is 2.73. The van der Waals surface area contributed by atoms with E-state index >= 15 is 0 Å². The summed E-state index contributed by atoms with van der Waals surface area (Å²) >= 11 is 0. The Bertz CT molecular complexity index is 428. The van der Waals surface area contributed by atoms with Crippen LogP contribution in [-0.2, 0) is 4.74 Å². The standard InChI is InChI=1S/C15H22F2N2O/c1-20-9-8-19-7-3-6-13(18)14(19)11-4-2-5-12(10-11)15(16)17/h2,4-5,10,13-15H,3,6-9,18H2,1H3. The molecule has 0 aromatic heterocycles. The lowest BCUT2D eigenvalue weighted by molar-refractivity contribution is 0.0844. The molecule has 2 N–H and O–H groups in total. The molecule has 5 heteroatoms. The Morgan fingerprint density at radius 2 is 2.25 bits per heavy atom. The molecule has 0 saturated carbocycles. The van der Waals surface area contributed by atoms with Crippen molar-refractivity contribution in [2.45, 2.75) is 31.4 Å². The van der Waals surface area contributed by atoms with Crippen LogP contribution in [0, 0.1) is 0 Å². The zero-order valence-electron chi connectivity index (χ0n) is 11.8. The number of halogens is 2. The van der Waals surface area contributed by atoms with Crippen molar-refractivity contribution < 1.29 is 13.5 Å². The van der Waals surface area contributed by atoms with E-state index in [2.05, 4.69) is 4.90 Å². The first-order valence-corrected chi connectivity index (χ1v) is 7.00. The first kappa shape index (κ1) is 15.4. The van der Waals surface area contributed by atoms with Crippen LogP contribution >= 0.6 is 0 Å². The number of nitrogens with zero attached hydrogens (tertiary/aromatic N) is 1. The van der Waals surface area contributed by atoms with Crippen LogP contribution in [0.25, 0.3) is 0 Å². The van der Waals surface area contributed by atoms with Crippen molar-refractivity contribution in [3.8, 4) is 0 Å². The zero-order valence-corrected chi connectivity index (χ0v) is 11.8. The number of alkyl halides is 2. The molecule has 2 rings (SSSR count). The number of rotatable bonds is 5. The third kappa shape index (κ3) is 3.53. The van der Waals surface area contributed by atoms with Gasteiger partial charge in [0.05, 0.1) is 6.61 Å². The van der Waals surface area contributed by atoms with Crippen LogP contribution in [0.1, 0.15) is 36.4 Å². The van der Waals surface area contributed by atoms with Crippen LogP contribution in [0.5, 0.6) is 0 Å². The minimum atomic E-state index is -2.44. The van der Waals surface area contributed by atoms with Crippen molar-refractivity contribution in [1.29, 1.82) is 0 Å². The number of likely N-dealkylation sites (tertiary alicyclic amines) is 1. The number of ether oxygens (including phenoxy) is 1. The molecule has 1 aromatic rings. The molecule has 0 bridgehead atoms. The normalized spacial score (nSPS) is 24.2. The van der Waals surface area contributed by atoms with E-state index in [9.17, 15) is 8.78 Å². The number of hydrogen-bond acceptors (Lipinski definition) is 3. The summed E-state index contributed by atoms with van der Waals surface area (Å²) in [6.07, 6.45) is -0.481. The van der Waals surface area contributed by atoms with E-state index in [0.29, 0.717) is 6.61 Å². The quantitative estimate of drug-likeness (QED) is 0.903. The van der Waals surface area contributed by atoms with Gasteiger partial charge in [0.2, 0.25) is 0 Å². The summed E-state index contributed by atoms with van der Waals surface area (Å²) in [6.45, 7) is 2.33. The van der Waals surface area contributed by atoms with Gasteiger partial charge in [-0.15, -0.1) is 0 Å². The van der Waals surface area contributed by atoms with Crippen molar-refractivity contribution in [3.63, 3.8) is 0 Å². The maximum absolute atomic E-state index is 12.8. The summed E-state index contributed by atoms with van der Waals surface area (Å²) in [5, 5.41) is 0. The molecule has 112 valence electrons. The Hall–Kier alpha value is -1.04. The average Bonchev–Trinajstić information content (AvgIpc) is 2.45. The molecule has 1 aliphatic rings. The minimum absolute atomic E-state index is 0.00222. The highest BCUT2D eigenvalue weighted by molar-refractivity contribution is 5.28. The fourth-order valence-electron chi connectivity index (χ4n) is 2.89. The second-order valence-electron chi connectivity index (χ2n) is 5.25. The molecule has 20 heavy (non-hydrogen) atoms. The van der Waals surface area contributed by atoms with Gasteiger partial charge >= 0.3 is 0 Å². The lowest BCUT2D eigenvalue weighted by atomic mass is 9.90. The first-order valence-electron chi connectivity index (χ1n) is 7.00. The molecule has 1 heterocycles. The lowest BCUT2D eigenvalue weighted by Crippen LogP contribution is -2.46. The molecule has 1 aliphatic heterocycles. The molecule has 0 radical (unpaired) electrons. The smallest absolute Gasteiger partial charge is 0.263 e. The topological polar surface area (TPSA) is 38.5 Å². The van der Waals surface area contributed by atoms with Gasteiger partial charge in [0.1, 0.15) is 0 Å². The van der Waals surface area contributed by atoms with E-state index in [-0.39, 0.29) is 17.6 Å². The molecule has 2 unspecified atom stereocenters. The number of piperidine rings is 1. The minimum Gasteiger partial charge on any atom is -0.383 e. The second kappa shape index (κ2) is 7.11. The van der Waals surface area contributed by atoms with Crippen molar-refractivity contribution >= 4 is 0 Å². The largest absolute Gasteiger partial charge is 0.383 e. The molecule has 2 atom stereocenters. The van der Waals surface area contributed by atoms with Crippen LogP contribution in [0.4, 0.5) is 8.78 Å². The summed E-state index contributed by atoms with van der Waals surface area (Å²) in [5.74, 6) is 0. The SMILES string of the molecule is COCCN1CCCC(N)C1c1cccc(C(F)F)c1. The monoisotopic (exact) mass is 284 g/mol. The molecule has 1 aromatic carbocycles. The van der Waals surface area contributed by atoms with E-state index in [1.165, 1.54) is 6.07 Å². The predicted molar refractivity (Wildman–Crippen MR) is 74.8 cm³/mol. The van der Waals surface area contributed by atoms with Gasteiger partial charge in [-0.25, -0.2) is 8.78 Å². The highest BCUT2D eigenvalue weighted by atomic mass is 19.3. The van der Waals surface area contributed by atoms with Gasteiger partial charge in [0, 0.05) is 31.3 Å². The molecular weight excluding hydrogens is 262 g/mol. The van der Waals surface area contributed by atoms with E-state index in [1.807, 2.05) is 6.07 Å². The molecule has 0 amide bonds. The maximum atomic E-state index is 12.8. The van der Waals surface area contributed by atoms with Gasteiger partial charge in [-0.1, -0.05) is 18.2 Å². The number of hydrogen-bond donors (Lipinski definition) is 1. The van der Waals surface area contributed by atoms with E-state index in [0.717, 1.165) is 31.5 Å². The molecule has 0 aliphatic carbocycles. The fourth-order valence-corrected chi connectivity index (χ4v) is 2.89. The Morgan fingerprint density at radius 3 is 2.95 bits per heavy atom. The fraction of sp³-hybridized carbons (Fsp3) is 0.600. The number of methoxy groups -OCH3 is 1. The Kier molecular flexibility index (Phi) is 5.46. The van der Waals surface area contributed by atoms with Crippen LogP contribution < -0.4 is 5.73 Å². The van der Waals surface area contributed by atoms with Crippen LogP contribution in [0.15, 0.2) is 24.3 Å². The molecule has 1 saturated heterocycles. The van der Waals surface area contributed by atoms with Crippen LogP contribution in [0.2, 0.25) is 0 Å². The summed E-state index contributed by atoms with van der Waals surface area (Å²) < 4.78 is 30.8. The zero-order chi connectivity index (χ0) is 14.5. The number of benzene rings is 1. The summed E-state index contributed by atoms with van der Waals surface area (Å²) in [4.78, 5) is 2.24. The van der Waals surface area contributed by atoms with Crippen molar-refractivity contribution in [2.24, 2.45) is 5.73 Å². The summed E-state index contributed by atoms with van der Waals surface area (Å²) in [6, 6.07) is 6.60. The highest BCUT2D eigenvalue weighted by Gasteiger charge is 2.30. The van der Waals surface area contributed by atoms with Crippen LogP contribution in [0.3, 0.4) is 0 Å².